The largest absolute Gasteiger partial charge is 0.492 e. The standard InChI is InChI=1S/C18H16ClN3O4/c19-12-5-7-13(8-6-12)26-10-9-20-16(23)11-22-18(25)15-4-2-1-3-14(15)17(24)21-22/h1-8H,9-11H2,(H,20,23)(H,21,24). The summed E-state index contributed by atoms with van der Waals surface area (Å²) in [6, 6.07) is 13.3. The number of carbonyl (C=O) groups excluding carboxylic acids is 1. The van der Waals surface area contributed by atoms with E-state index in [-0.39, 0.29) is 25.1 Å². The third kappa shape index (κ3) is 4.12. The number of aromatic amines is 1. The van der Waals surface area contributed by atoms with Crippen LogP contribution < -0.4 is 21.2 Å². The molecule has 2 aromatic carbocycles. The Balaban J connectivity index is 1.57. The van der Waals surface area contributed by atoms with E-state index in [0.717, 1.165) is 4.68 Å². The summed E-state index contributed by atoms with van der Waals surface area (Å²) >= 11 is 5.79. The second-order valence-electron chi connectivity index (χ2n) is 5.53. The Morgan fingerprint density at radius 2 is 1.77 bits per heavy atom. The third-order valence-corrected chi connectivity index (χ3v) is 3.94. The van der Waals surface area contributed by atoms with Crippen LogP contribution in [0.5, 0.6) is 5.75 Å². The van der Waals surface area contributed by atoms with Gasteiger partial charge in [0.1, 0.15) is 18.9 Å². The monoisotopic (exact) mass is 373 g/mol. The number of fused-ring (bicyclic) bond motifs is 1. The lowest BCUT2D eigenvalue weighted by molar-refractivity contribution is -0.122. The van der Waals surface area contributed by atoms with Crippen molar-refractivity contribution in [3.63, 3.8) is 0 Å². The Kier molecular flexibility index (Phi) is 5.38. The van der Waals surface area contributed by atoms with Crippen LogP contribution in [0, 0.1) is 0 Å². The van der Waals surface area contributed by atoms with Crippen LogP contribution in [0.4, 0.5) is 0 Å². The van der Waals surface area contributed by atoms with E-state index < -0.39 is 17.0 Å². The first-order valence-corrected chi connectivity index (χ1v) is 8.29. The highest BCUT2D eigenvalue weighted by molar-refractivity contribution is 6.30. The van der Waals surface area contributed by atoms with Gasteiger partial charge in [-0.15, -0.1) is 0 Å². The van der Waals surface area contributed by atoms with Crippen LogP contribution in [0.25, 0.3) is 10.8 Å². The lowest BCUT2D eigenvalue weighted by Crippen LogP contribution is -2.37. The summed E-state index contributed by atoms with van der Waals surface area (Å²) < 4.78 is 6.46. The molecule has 7 nitrogen and oxygen atoms in total. The van der Waals surface area contributed by atoms with Gasteiger partial charge in [-0.3, -0.25) is 19.5 Å². The second-order valence-corrected chi connectivity index (χ2v) is 5.97. The Bertz CT molecular complexity index is 1040. The number of carbonyl (C=O) groups is 1. The quantitative estimate of drug-likeness (QED) is 0.641. The van der Waals surface area contributed by atoms with Gasteiger partial charge in [0.15, 0.2) is 0 Å². The van der Waals surface area contributed by atoms with E-state index in [9.17, 15) is 14.4 Å². The van der Waals surface area contributed by atoms with Crippen molar-refractivity contribution in [2.24, 2.45) is 0 Å². The van der Waals surface area contributed by atoms with Gasteiger partial charge >= 0.3 is 0 Å². The molecule has 1 aromatic heterocycles. The highest BCUT2D eigenvalue weighted by Crippen LogP contribution is 2.15. The van der Waals surface area contributed by atoms with Gasteiger partial charge in [-0.05, 0) is 36.4 Å². The normalized spacial score (nSPS) is 10.7. The fourth-order valence-corrected chi connectivity index (χ4v) is 2.57. The van der Waals surface area contributed by atoms with Gasteiger partial charge in [-0.2, -0.15) is 0 Å². The molecular weight excluding hydrogens is 358 g/mol. The molecule has 0 aliphatic rings. The molecule has 26 heavy (non-hydrogen) atoms. The van der Waals surface area contributed by atoms with Gasteiger partial charge < -0.3 is 10.1 Å². The van der Waals surface area contributed by atoms with Gasteiger partial charge in [0.05, 0.1) is 17.3 Å². The summed E-state index contributed by atoms with van der Waals surface area (Å²) in [5.74, 6) is 0.233. The van der Waals surface area contributed by atoms with Gasteiger partial charge in [0, 0.05) is 5.02 Å². The summed E-state index contributed by atoms with van der Waals surface area (Å²) in [6.45, 7) is 0.240. The molecule has 1 amide bonds. The maximum atomic E-state index is 12.3. The van der Waals surface area contributed by atoms with Gasteiger partial charge in [-0.25, -0.2) is 4.68 Å². The van der Waals surface area contributed by atoms with Crippen LogP contribution in [0.15, 0.2) is 58.1 Å². The molecule has 0 spiro atoms. The van der Waals surface area contributed by atoms with E-state index in [1.165, 1.54) is 0 Å². The summed E-state index contributed by atoms with van der Waals surface area (Å²) in [4.78, 5) is 36.3. The molecule has 1 heterocycles. The number of amides is 1. The molecule has 2 N–H and O–H groups in total. The number of ether oxygens (including phenoxy) is 1. The van der Waals surface area contributed by atoms with Crippen molar-refractivity contribution in [1.29, 1.82) is 0 Å². The Morgan fingerprint density at radius 1 is 1.08 bits per heavy atom. The molecule has 0 saturated carbocycles. The first-order valence-electron chi connectivity index (χ1n) is 7.91. The Morgan fingerprint density at radius 3 is 2.50 bits per heavy atom. The number of hydrogen-bond acceptors (Lipinski definition) is 4. The van der Waals surface area contributed by atoms with Crippen LogP contribution in [-0.4, -0.2) is 28.8 Å². The van der Waals surface area contributed by atoms with Crippen LogP contribution >= 0.6 is 11.6 Å². The fraction of sp³-hybridized carbons (Fsp3) is 0.167. The average molecular weight is 374 g/mol. The van der Waals surface area contributed by atoms with Crippen molar-refractivity contribution in [3.05, 3.63) is 74.3 Å². The summed E-state index contributed by atoms with van der Waals surface area (Å²) in [7, 11) is 0. The maximum Gasteiger partial charge on any atom is 0.273 e. The van der Waals surface area contributed by atoms with Crippen LogP contribution in [0.3, 0.4) is 0 Å². The van der Waals surface area contributed by atoms with Crippen molar-refractivity contribution in [3.8, 4) is 5.75 Å². The van der Waals surface area contributed by atoms with E-state index in [1.54, 1.807) is 48.5 Å². The van der Waals surface area contributed by atoms with E-state index in [2.05, 4.69) is 10.4 Å². The predicted molar refractivity (Wildman–Crippen MR) is 98.8 cm³/mol. The molecule has 3 rings (SSSR count). The number of hydrogen-bond donors (Lipinski definition) is 2. The smallest absolute Gasteiger partial charge is 0.273 e. The molecule has 0 saturated heterocycles. The number of nitrogens with one attached hydrogen (secondary N) is 2. The highest BCUT2D eigenvalue weighted by Gasteiger charge is 2.09. The highest BCUT2D eigenvalue weighted by atomic mass is 35.5. The summed E-state index contributed by atoms with van der Waals surface area (Å²) in [6.07, 6.45) is 0. The van der Waals surface area contributed by atoms with Crippen molar-refractivity contribution < 1.29 is 9.53 Å². The maximum absolute atomic E-state index is 12.3. The molecule has 0 radical (unpaired) electrons. The average Bonchev–Trinajstić information content (AvgIpc) is 2.64. The summed E-state index contributed by atoms with van der Waals surface area (Å²) in [5, 5.41) is 6.23. The Hall–Kier alpha value is -3.06. The van der Waals surface area contributed by atoms with E-state index in [4.69, 9.17) is 16.3 Å². The topological polar surface area (TPSA) is 93.2 Å². The molecule has 0 aliphatic carbocycles. The molecular formula is C18H16ClN3O4. The number of rotatable bonds is 6. The lowest BCUT2D eigenvalue weighted by Gasteiger charge is -2.09. The van der Waals surface area contributed by atoms with E-state index in [0.29, 0.717) is 16.2 Å². The molecule has 134 valence electrons. The first-order chi connectivity index (χ1) is 12.5. The van der Waals surface area contributed by atoms with Crippen molar-refractivity contribution in [2.75, 3.05) is 13.2 Å². The molecule has 0 fully saturated rings. The third-order valence-electron chi connectivity index (χ3n) is 3.69. The lowest BCUT2D eigenvalue weighted by atomic mass is 10.2. The molecule has 0 bridgehead atoms. The molecule has 3 aromatic rings. The number of nitrogens with zero attached hydrogens (tertiary/aromatic N) is 1. The molecule has 0 atom stereocenters. The van der Waals surface area contributed by atoms with Crippen molar-refractivity contribution in [1.82, 2.24) is 15.1 Å². The molecule has 0 unspecified atom stereocenters. The molecule has 0 aliphatic heterocycles. The predicted octanol–water partition coefficient (Wildman–Crippen LogP) is 1.54. The van der Waals surface area contributed by atoms with Gasteiger partial charge in [-0.1, -0.05) is 23.7 Å². The SMILES string of the molecule is O=C(Cn1[nH]c(=O)c2ccccc2c1=O)NCCOc1ccc(Cl)cc1. The number of halogens is 1. The number of benzene rings is 2. The minimum Gasteiger partial charge on any atom is -0.492 e. The summed E-state index contributed by atoms with van der Waals surface area (Å²) in [5.41, 5.74) is -0.841. The van der Waals surface area contributed by atoms with Crippen LogP contribution in [0.2, 0.25) is 5.02 Å². The minimum atomic E-state index is -0.423. The number of aromatic nitrogens is 2. The zero-order valence-electron chi connectivity index (χ0n) is 13.7. The van der Waals surface area contributed by atoms with E-state index in [1.807, 2.05) is 0 Å². The van der Waals surface area contributed by atoms with Crippen molar-refractivity contribution >= 4 is 28.3 Å². The van der Waals surface area contributed by atoms with Crippen LogP contribution in [-0.2, 0) is 11.3 Å². The number of H-pyrrole nitrogens is 1. The first kappa shape index (κ1) is 17.8. The zero-order valence-corrected chi connectivity index (χ0v) is 14.5. The fourth-order valence-electron chi connectivity index (χ4n) is 2.45. The van der Waals surface area contributed by atoms with Crippen LogP contribution in [0.1, 0.15) is 0 Å². The second kappa shape index (κ2) is 7.88. The van der Waals surface area contributed by atoms with Gasteiger partial charge in [0.2, 0.25) is 5.91 Å². The van der Waals surface area contributed by atoms with Gasteiger partial charge in [0.25, 0.3) is 11.1 Å². The zero-order chi connectivity index (χ0) is 18.5. The minimum absolute atomic E-state index is 0.258. The Labute approximate surface area is 153 Å². The van der Waals surface area contributed by atoms with Crippen molar-refractivity contribution in [2.45, 2.75) is 6.54 Å². The van der Waals surface area contributed by atoms with E-state index >= 15 is 0 Å². The molecule has 8 heteroatoms.